The van der Waals surface area contributed by atoms with Gasteiger partial charge in [-0.1, -0.05) is 19.9 Å². The van der Waals surface area contributed by atoms with Gasteiger partial charge in [-0.05, 0) is 49.9 Å². The van der Waals surface area contributed by atoms with Gasteiger partial charge in [0.25, 0.3) is 0 Å². The van der Waals surface area contributed by atoms with E-state index in [1.165, 1.54) is 6.07 Å². The predicted octanol–water partition coefficient (Wildman–Crippen LogP) is 3.66. The second kappa shape index (κ2) is 8.87. The largest absolute Gasteiger partial charge is 0.377 e. The Kier molecular flexibility index (Phi) is 7.30. The minimum absolute atomic E-state index is 0. The average Bonchev–Trinajstić information content (AvgIpc) is 3.01. The molecule has 1 saturated heterocycles. The second-order valence-corrected chi connectivity index (χ2v) is 7.77. The van der Waals surface area contributed by atoms with E-state index in [1.54, 1.807) is 6.07 Å². The van der Waals surface area contributed by atoms with Gasteiger partial charge in [0.05, 0.1) is 6.10 Å². The number of aryl methyl sites for hydroxylation is 1. The lowest BCUT2D eigenvalue weighted by Crippen LogP contribution is -2.68. The van der Waals surface area contributed by atoms with Crippen molar-refractivity contribution in [3.05, 3.63) is 35.1 Å². The van der Waals surface area contributed by atoms with Gasteiger partial charge >= 0.3 is 0 Å². The normalized spacial score (nSPS) is 26.5. The van der Waals surface area contributed by atoms with Crippen molar-refractivity contribution < 1.29 is 9.13 Å². The molecule has 2 fully saturated rings. The predicted molar refractivity (Wildman–Crippen MR) is 115 cm³/mol. The van der Waals surface area contributed by atoms with Gasteiger partial charge in [0.2, 0.25) is 0 Å². The second-order valence-electron chi connectivity index (χ2n) is 7.77. The van der Waals surface area contributed by atoms with Gasteiger partial charge in [-0.25, -0.2) is 4.39 Å². The quantitative estimate of drug-likeness (QED) is 0.388. The van der Waals surface area contributed by atoms with Gasteiger partial charge in [-0.3, -0.25) is 4.99 Å². The van der Waals surface area contributed by atoms with E-state index in [-0.39, 0.29) is 35.2 Å². The lowest BCUT2D eigenvalue weighted by atomic mass is 9.57. The van der Waals surface area contributed by atoms with Crippen molar-refractivity contribution in [1.29, 1.82) is 0 Å². The van der Waals surface area contributed by atoms with Crippen LogP contribution in [0.3, 0.4) is 0 Å². The Morgan fingerprint density at radius 1 is 1.38 bits per heavy atom. The summed E-state index contributed by atoms with van der Waals surface area (Å²) in [6.07, 6.45) is 2.31. The molecule has 1 aromatic carbocycles. The topological polar surface area (TPSA) is 45.7 Å². The summed E-state index contributed by atoms with van der Waals surface area (Å²) in [7, 11) is 0. The van der Waals surface area contributed by atoms with Gasteiger partial charge in [0, 0.05) is 37.1 Å². The fourth-order valence-corrected chi connectivity index (χ4v) is 4.31. The summed E-state index contributed by atoms with van der Waals surface area (Å²) < 4.78 is 19.1. The van der Waals surface area contributed by atoms with Crippen LogP contribution >= 0.6 is 24.0 Å². The SMILES string of the molecule is CCNC(=NCCc1ccc(F)cc1C)NC1C2CCOC2C1(C)C.I. The zero-order valence-corrected chi connectivity index (χ0v) is 18.5. The molecule has 0 bridgehead atoms. The van der Waals surface area contributed by atoms with Gasteiger partial charge in [0.1, 0.15) is 5.82 Å². The minimum atomic E-state index is -0.180. The molecular formula is C20H31FIN3O. The van der Waals surface area contributed by atoms with E-state index in [1.807, 2.05) is 13.0 Å². The summed E-state index contributed by atoms with van der Waals surface area (Å²) in [5.41, 5.74) is 2.26. The molecular weight excluding hydrogens is 444 g/mol. The number of halogens is 2. The molecule has 3 unspecified atom stereocenters. The number of hydrogen-bond donors (Lipinski definition) is 2. The van der Waals surface area contributed by atoms with Gasteiger partial charge in [0.15, 0.2) is 5.96 Å². The fourth-order valence-electron chi connectivity index (χ4n) is 4.31. The standard InChI is InChI=1S/C20H30FN3O.HI/c1-5-22-19(23-10-8-14-6-7-15(21)12-13(14)2)24-17-16-9-11-25-18(16)20(17,3)4;/h6-7,12,16-18H,5,8-11H2,1-4H3,(H2,22,23,24);1H. The molecule has 3 atom stereocenters. The molecule has 1 aliphatic carbocycles. The lowest BCUT2D eigenvalue weighted by Gasteiger charge is -2.54. The number of nitrogens with zero attached hydrogens (tertiary/aromatic N) is 1. The van der Waals surface area contributed by atoms with Crippen LogP contribution in [0.5, 0.6) is 0 Å². The number of fused-ring (bicyclic) bond motifs is 1. The van der Waals surface area contributed by atoms with Crippen LogP contribution in [-0.4, -0.2) is 37.8 Å². The summed E-state index contributed by atoms with van der Waals surface area (Å²) >= 11 is 0. The fraction of sp³-hybridized carbons (Fsp3) is 0.650. The molecule has 146 valence electrons. The highest BCUT2D eigenvalue weighted by Crippen LogP contribution is 2.52. The van der Waals surface area contributed by atoms with E-state index in [4.69, 9.17) is 9.73 Å². The maximum Gasteiger partial charge on any atom is 0.191 e. The van der Waals surface area contributed by atoms with Crippen LogP contribution in [0.15, 0.2) is 23.2 Å². The van der Waals surface area contributed by atoms with Gasteiger partial charge in [-0.2, -0.15) is 0 Å². The van der Waals surface area contributed by atoms with Crippen molar-refractivity contribution in [2.45, 2.75) is 52.7 Å². The molecule has 6 heteroatoms. The number of benzene rings is 1. The van der Waals surface area contributed by atoms with E-state index < -0.39 is 0 Å². The highest BCUT2D eigenvalue weighted by Gasteiger charge is 2.59. The number of guanidine groups is 1. The first-order valence-electron chi connectivity index (χ1n) is 9.35. The Morgan fingerprint density at radius 3 is 2.85 bits per heavy atom. The smallest absolute Gasteiger partial charge is 0.191 e. The monoisotopic (exact) mass is 475 g/mol. The Labute approximate surface area is 173 Å². The highest BCUT2D eigenvalue weighted by molar-refractivity contribution is 14.0. The zero-order chi connectivity index (χ0) is 18.0. The van der Waals surface area contributed by atoms with Crippen molar-refractivity contribution in [3.8, 4) is 0 Å². The Bertz CT molecular complexity index is 650. The molecule has 1 heterocycles. The van der Waals surface area contributed by atoms with E-state index >= 15 is 0 Å². The molecule has 2 N–H and O–H groups in total. The zero-order valence-electron chi connectivity index (χ0n) is 16.1. The molecule has 4 nitrogen and oxygen atoms in total. The molecule has 3 rings (SSSR count). The first-order chi connectivity index (χ1) is 11.9. The van der Waals surface area contributed by atoms with Gasteiger partial charge in [-0.15, -0.1) is 24.0 Å². The van der Waals surface area contributed by atoms with Gasteiger partial charge < -0.3 is 15.4 Å². The van der Waals surface area contributed by atoms with Crippen molar-refractivity contribution in [3.63, 3.8) is 0 Å². The van der Waals surface area contributed by atoms with E-state index in [9.17, 15) is 4.39 Å². The van der Waals surface area contributed by atoms with E-state index in [0.29, 0.717) is 24.6 Å². The van der Waals surface area contributed by atoms with Crippen LogP contribution in [0, 0.1) is 24.1 Å². The van der Waals surface area contributed by atoms with Crippen LogP contribution in [-0.2, 0) is 11.2 Å². The number of rotatable bonds is 5. The number of ether oxygens (including phenoxy) is 1. The molecule has 0 aromatic heterocycles. The number of aliphatic imine (C=N–C) groups is 1. The average molecular weight is 475 g/mol. The van der Waals surface area contributed by atoms with Crippen molar-refractivity contribution in [2.24, 2.45) is 16.3 Å². The molecule has 0 radical (unpaired) electrons. The first-order valence-corrected chi connectivity index (χ1v) is 9.35. The Morgan fingerprint density at radius 2 is 2.15 bits per heavy atom. The van der Waals surface area contributed by atoms with Crippen LogP contribution in [0.2, 0.25) is 0 Å². The minimum Gasteiger partial charge on any atom is -0.377 e. The maximum absolute atomic E-state index is 13.2. The molecule has 26 heavy (non-hydrogen) atoms. The summed E-state index contributed by atoms with van der Waals surface area (Å²) in [5.74, 6) is 1.27. The third-order valence-electron chi connectivity index (χ3n) is 5.69. The summed E-state index contributed by atoms with van der Waals surface area (Å²) in [6.45, 7) is 10.9. The van der Waals surface area contributed by atoms with Crippen LogP contribution in [0.4, 0.5) is 4.39 Å². The van der Waals surface area contributed by atoms with Crippen LogP contribution in [0.1, 0.15) is 38.3 Å². The molecule has 2 aliphatic rings. The molecule has 1 aromatic rings. The van der Waals surface area contributed by atoms with Crippen molar-refractivity contribution >= 4 is 29.9 Å². The third kappa shape index (κ3) is 4.32. The lowest BCUT2D eigenvalue weighted by molar-refractivity contribution is -0.106. The van der Waals surface area contributed by atoms with Crippen molar-refractivity contribution in [2.75, 3.05) is 19.7 Å². The third-order valence-corrected chi connectivity index (χ3v) is 5.69. The number of nitrogens with one attached hydrogen (secondary N) is 2. The number of hydrogen-bond acceptors (Lipinski definition) is 2. The summed E-state index contributed by atoms with van der Waals surface area (Å²) in [6, 6.07) is 5.35. The molecule has 0 spiro atoms. The first kappa shape index (κ1) is 21.4. The molecule has 1 saturated carbocycles. The Hall–Kier alpha value is -0.890. The van der Waals surface area contributed by atoms with Crippen molar-refractivity contribution in [1.82, 2.24) is 10.6 Å². The molecule has 1 aliphatic heterocycles. The highest BCUT2D eigenvalue weighted by atomic mass is 127. The molecule has 0 amide bonds. The Balaban J connectivity index is 0.00000243. The summed E-state index contributed by atoms with van der Waals surface area (Å²) in [4.78, 5) is 4.73. The van der Waals surface area contributed by atoms with Crippen LogP contribution < -0.4 is 10.6 Å². The van der Waals surface area contributed by atoms with E-state index in [0.717, 1.165) is 43.1 Å². The van der Waals surface area contributed by atoms with E-state index in [2.05, 4.69) is 31.4 Å². The maximum atomic E-state index is 13.2. The summed E-state index contributed by atoms with van der Waals surface area (Å²) in [5, 5.41) is 6.97. The van der Waals surface area contributed by atoms with Crippen LogP contribution in [0.25, 0.3) is 0 Å².